The predicted molar refractivity (Wildman–Crippen MR) is 49.8 cm³/mol. The molecule has 1 aromatic rings. The van der Waals surface area contributed by atoms with Crippen molar-refractivity contribution in [2.24, 2.45) is 0 Å². The summed E-state index contributed by atoms with van der Waals surface area (Å²) >= 11 is 3.26. The average Bonchev–Trinajstić information content (AvgIpc) is 2.06. The van der Waals surface area contributed by atoms with Crippen LogP contribution in [0.25, 0.3) is 0 Å². The van der Waals surface area contributed by atoms with Crippen molar-refractivity contribution in [3.05, 3.63) is 35.9 Å². The van der Waals surface area contributed by atoms with Gasteiger partial charge in [-0.25, -0.2) is 0 Å². The molecule has 11 heavy (non-hydrogen) atoms. The van der Waals surface area contributed by atoms with E-state index in [4.69, 9.17) is 0 Å². The third-order valence-corrected chi connectivity index (χ3v) is 2.75. The van der Waals surface area contributed by atoms with E-state index in [1.165, 1.54) is 0 Å². The SMILES string of the molecule is C[C@@](O)(CBr)c1ccccc1. The first-order valence-electron chi connectivity index (χ1n) is 3.51. The molecule has 0 aromatic heterocycles. The van der Waals surface area contributed by atoms with Crippen LogP contribution in [-0.2, 0) is 5.60 Å². The van der Waals surface area contributed by atoms with Crippen LogP contribution >= 0.6 is 15.9 Å². The maximum atomic E-state index is 9.75. The van der Waals surface area contributed by atoms with Crippen molar-refractivity contribution in [1.82, 2.24) is 0 Å². The molecule has 1 rings (SSSR count). The Hall–Kier alpha value is -0.340. The Morgan fingerprint density at radius 2 is 1.91 bits per heavy atom. The first-order chi connectivity index (χ1) is 5.17. The second-order valence-corrected chi connectivity index (χ2v) is 3.33. The second kappa shape index (κ2) is 3.37. The van der Waals surface area contributed by atoms with Crippen molar-refractivity contribution in [2.45, 2.75) is 12.5 Å². The average molecular weight is 215 g/mol. The van der Waals surface area contributed by atoms with Gasteiger partial charge in [0.05, 0.1) is 5.60 Å². The highest BCUT2D eigenvalue weighted by Gasteiger charge is 2.20. The Balaban J connectivity index is 2.93. The normalized spacial score (nSPS) is 15.9. The number of alkyl halides is 1. The van der Waals surface area contributed by atoms with Crippen molar-refractivity contribution in [3.8, 4) is 0 Å². The summed E-state index contributed by atoms with van der Waals surface area (Å²) in [5, 5.41) is 10.3. The van der Waals surface area contributed by atoms with E-state index >= 15 is 0 Å². The van der Waals surface area contributed by atoms with Gasteiger partial charge in [0, 0.05) is 5.33 Å². The smallest absolute Gasteiger partial charge is 0.0964 e. The molecule has 2 heteroatoms. The van der Waals surface area contributed by atoms with E-state index < -0.39 is 5.60 Å². The van der Waals surface area contributed by atoms with Crippen molar-refractivity contribution in [3.63, 3.8) is 0 Å². The summed E-state index contributed by atoms with van der Waals surface area (Å²) in [6.45, 7) is 1.79. The van der Waals surface area contributed by atoms with Crippen LogP contribution < -0.4 is 0 Å². The maximum Gasteiger partial charge on any atom is 0.0964 e. The van der Waals surface area contributed by atoms with E-state index in [0.717, 1.165) is 5.56 Å². The number of hydrogen-bond donors (Lipinski definition) is 1. The zero-order valence-electron chi connectivity index (χ0n) is 6.42. The van der Waals surface area contributed by atoms with Crippen LogP contribution in [0, 0.1) is 0 Å². The number of halogens is 1. The Bertz CT molecular complexity index is 218. The maximum absolute atomic E-state index is 9.75. The van der Waals surface area contributed by atoms with Crippen molar-refractivity contribution in [2.75, 3.05) is 5.33 Å². The van der Waals surface area contributed by atoms with Crippen molar-refractivity contribution < 1.29 is 5.11 Å². The molecule has 0 bridgehead atoms. The van der Waals surface area contributed by atoms with E-state index in [9.17, 15) is 5.11 Å². The van der Waals surface area contributed by atoms with Gasteiger partial charge in [0.2, 0.25) is 0 Å². The van der Waals surface area contributed by atoms with Crippen LogP contribution in [0.4, 0.5) is 0 Å². The summed E-state index contributed by atoms with van der Waals surface area (Å²) in [6.07, 6.45) is 0. The summed E-state index contributed by atoms with van der Waals surface area (Å²) in [5.41, 5.74) is 0.193. The lowest BCUT2D eigenvalue weighted by Gasteiger charge is -2.20. The molecular formula is C9H11BrO. The number of aliphatic hydroxyl groups is 1. The lowest BCUT2D eigenvalue weighted by molar-refractivity contribution is 0.0853. The molecule has 0 fully saturated rings. The van der Waals surface area contributed by atoms with E-state index in [-0.39, 0.29) is 0 Å². The van der Waals surface area contributed by atoms with E-state index in [1.807, 2.05) is 30.3 Å². The van der Waals surface area contributed by atoms with Crippen LogP contribution in [0.1, 0.15) is 12.5 Å². The quantitative estimate of drug-likeness (QED) is 0.750. The number of rotatable bonds is 2. The zero-order valence-corrected chi connectivity index (χ0v) is 8.01. The minimum absolute atomic E-state index is 0.560. The first kappa shape index (κ1) is 8.75. The second-order valence-electron chi connectivity index (χ2n) is 2.77. The molecule has 0 saturated carbocycles. The molecule has 0 aliphatic carbocycles. The molecule has 0 radical (unpaired) electrons. The Morgan fingerprint density at radius 3 is 2.36 bits per heavy atom. The molecule has 0 aliphatic heterocycles. The van der Waals surface area contributed by atoms with Gasteiger partial charge in [-0.2, -0.15) is 0 Å². The first-order valence-corrected chi connectivity index (χ1v) is 4.63. The Morgan fingerprint density at radius 1 is 1.36 bits per heavy atom. The Kier molecular flexibility index (Phi) is 2.68. The van der Waals surface area contributed by atoms with Gasteiger partial charge in [-0.15, -0.1) is 0 Å². The monoisotopic (exact) mass is 214 g/mol. The van der Waals surface area contributed by atoms with Gasteiger partial charge in [-0.05, 0) is 12.5 Å². The van der Waals surface area contributed by atoms with Crippen LogP contribution in [0.15, 0.2) is 30.3 Å². The highest BCUT2D eigenvalue weighted by molar-refractivity contribution is 9.09. The largest absolute Gasteiger partial charge is 0.385 e. The highest BCUT2D eigenvalue weighted by Crippen LogP contribution is 2.21. The third-order valence-electron chi connectivity index (χ3n) is 1.66. The molecule has 1 aromatic carbocycles. The molecule has 1 atom stereocenters. The van der Waals surface area contributed by atoms with Crippen LogP contribution in [0.3, 0.4) is 0 Å². The molecular weight excluding hydrogens is 204 g/mol. The molecule has 60 valence electrons. The van der Waals surface area contributed by atoms with Gasteiger partial charge in [0.1, 0.15) is 0 Å². The summed E-state index contributed by atoms with van der Waals surface area (Å²) in [5.74, 6) is 0. The van der Waals surface area contributed by atoms with Gasteiger partial charge in [-0.1, -0.05) is 46.3 Å². The minimum atomic E-state index is -0.749. The topological polar surface area (TPSA) is 20.2 Å². The molecule has 0 heterocycles. The van der Waals surface area contributed by atoms with Crippen molar-refractivity contribution >= 4 is 15.9 Å². The Labute approximate surface area is 75.2 Å². The number of benzene rings is 1. The lowest BCUT2D eigenvalue weighted by Crippen LogP contribution is -2.22. The van der Waals surface area contributed by atoms with Gasteiger partial charge in [0.25, 0.3) is 0 Å². The summed E-state index contributed by atoms with van der Waals surface area (Å²) in [7, 11) is 0. The molecule has 0 amide bonds. The minimum Gasteiger partial charge on any atom is -0.385 e. The lowest BCUT2D eigenvalue weighted by atomic mass is 9.99. The summed E-state index contributed by atoms with van der Waals surface area (Å²) in [6, 6.07) is 9.62. The zero-order chi connectivity index (χ0) is 8.32. The fourth-order valence-electron chi connectivity index (χ4n) is 0.874. The predicted octanol–water partition coefficient (Wildman–Crippen LogP) is 2.29. The molecule has 0 unspecified atom stereocenters. The van der Waals surface area contributed by atoms with E-state index in [2.05, 4.69) is 15.9 Å². The van der Waals surface area contributed by atoms with Gasteiger partial charge < -0.3 is 5.11 Å². The molecule has 1 nitrogen and oxygen atoms in total. The summed E-state index contributed by atoms with van der Waals surface area (Å²) in [4.78, 5) is 0. The molecule has 0 aliphatic rings. The fraction of sp³-hybridized carbons (Fsp3) is 0.333. The van der Waals surface area contributed by atoms with Crippen LogP contribution in [0.5, 0.6) is 0 Å². The summed E-state index contributed by atoms with van der Waals surface area (Å²) < 4.78 is 0. The van der Waals surface area contributed by atoms with Gasteiger partial charge in [-0.3, -0.25) is 0 Å². The molecule has 0 saturated heterocycles. The third kappa shape index (κ3) is 2.04. The number of hydrogen-bond acceptors (Lipinski definition) is 1. The van der Waals surface area contributed by atoms with Crippen LogP contribution in [0.2, 0.25) is 0 Å². The highest BCUT2D eigenvalue weighted by atomic mass is 79.9. The van der Waals surface area contributed by atoms with Crippen LogP contribution in [-0.4, -0.2) is 10.4 Å². The van der Waals surface area contributed by atoms with E-state index in [1.54, 1.807) is 6.92 Å². The fourth-order valence-corrected chi connectivity index (χ4v) is 1.20. The van der Waals surface area contributed by atoms with Crippen molar-refractivity contribution in [1.29, 1.82) is 0 Å². The van der Waals surface area contributed by atoms with Gasteiger partial charge >= 0.3 is 0 Å². The standard InChI is InChI=1S/C9H11BrO/c1-9(11,7-10)8-5-3-2-4-6-8/h2-6,11H,7H2,1H3/t9-/m1/s1. The van der Waals surface area contributed by atoms with E-state index in [0.29, 0.717) is 5.33 Å². The molecule has 1 N–H and O–H groups in total. The molecule has 0 spiro atoms. The van der Waals surface area contributed by atoms with Gasteiger partial charge in [0.15, 0.2) is 0 Å².